The van der Waals surface area contributed by atoms with Gasteiger partial charge in [-0.1, -0.05) is 18.2 Å². The molecule has 0 unspecified atom stereocenters. The number of aliphatic hydroxyl groups is 1. The number of amides is 2. The number of ether oxygens (including phenoxy) is 1. The molecule has 1 aliphatic carbocycles. The second kappa shape index (κ2) is 10.3. The number of likely N-dealkylation sites (tertiary alicyclic amines) is 1. The van der Waals surface area contributed by atoms with Crippen molar-refractivity contribution in [2.24, 2.45) is 0 Å². The van der Waals surface area contributed by atoms with Crippen LogP contribution < -0.4 is 10.1 Å². The van der Waals surface area contributed by atoms with E-state index in [0.29, 0.717) is 24.4 Å². The lowest BCUT2D eigenvalue weighted by Crippen LogP contribution is -2.47. The molecule has 7 nitrogen and oxygen atoms in total. The first kappa shape index (κ1) is 24.3. The SMILES string of the molecule is CC(C)Oc1ccc(-c2ncc(-c3cccc4c3CC[C@@H]4NC(=O)N3CCC[C@@H](O)C3)s2)cc1C#N. The van der Waals surface area contributed by atoms with E-state index in [2.05, 4.69) is 28.5 Å². The summed E-state index contributed by atoms with van der Waals surface area (Å²) in [6.45, 7) is 4.96. The van der Waals surface area contributed by atoms with Crippen LogP contribution in [-0.4, -0.2) is 46.3 Å². The number of thiazole rings is 1. The van der Waals surface area contributed by atoms with Gasteiger partial charge in [-0.2, -0.15) is 5.26 Å². The Bertz CT molecular complexity index is 1310. The van der Waals surface area contributed by atoms with Gasteiger partial charge in [-0.05, 0) is 74.4 Å². The topological polar surface area (TPSA) is 98.5 Å². The Labute approximate surface area is 215 Å². The number of nitrogens with one attached hydrogen (secondary N) is 1. The zero-order chi connectivity index (χ0) is 25.2. The fourth-order valence-corrected chi connectivity index (χ4v) is 6.02. The van der Waals surface area contributed by atoms with Crippen LogP contribution >= 0.6 is 11.3 Å². The zero-order valence-corrected chi connectivity index (χ0v) is 21.3. The summed E-state index contributed by atoms with van der Waals surface area (Å²) in [6.07, 6.45) is 4.77. The number of aromatic nitrogens is 1. The van der Waals surface area contributed by atoms with Crippen LogP contribution in [-0.2, 0) is 6.42 Å². The van der Waals surface area contributed by atoms with E-state index in [-0.39, 0.29) is 18.2 Å². The van der Waals surface area contributed by atoms with Gasteiger partial charge in [-0.15, -0.1) is 11.3 Å². The Morgan fingerprint density at radius 2 is 2.17 bits per heavy atom. The molecule has 2 amide bonds. The number of hydrogen-bond acceptors (Lipinski definition) is 6. The molecule has 0 spiro atoms. The summed E-state index contributed by atoms with van der Waals surface area (Å²) in [7, 11) is 0. The summed E-state index contributed by atoms with van der Waals surface area (Å²) in [6, 6.07) is 13.9. The zero-order valence-electron chi connectivity index (χ0n) is 20.5. The first-order valence-corrected chi connectivity index (χ1v) is 13.3. The molecule has 2 aromatic carbocycles. The summed E-state index contributed by atoms with van der Waals surface area (Å²) >= 11 is 1.60. The first-order valence-electron chi connectivity index (χ1n) is 12.5. The van der Waals surface area contributed by atoms with E-state index < -0.39 is 6.10 Å². The molecule has 0 bridgehead atoms. The van der Waals surface area contributed by atoms with E-state index >= 15 is 0 Å². The molecule has 0 radical (unpaired) electrons. The Hall–Kier alpha value is -3.41. The average Bonchev–Trinajstić information content (AvgIpc) is 3.52. The molecule has 1 aromatic heterocycles. The number of hydrogen-bond donors (Lipinski definition) is 2. The number of nitrogens with zero attached hydrogens (tertiary/aromatic N) is 3. The van der Waals surface area contributed by atoms with Crippen molar-refractivity contribution >= 4 is 17.4 Å². The van der Waals surface area contributed by atoms with Crippen LogP contribution in [0.4, 0.5) is 4.79 Å². The highest BCUT2D eigenvalue weighted by atomic mass is 32.1. The van der Waals surface area contributed by atoms with Crippen LogP contribution in [0.25, 0.3) is 21.0 Å². The molecule has 186 valence electrons. The van der Waals surface area contributed by atoms with Gasteiger partial charge in [0.05, 0.1) is 28.7 Å². The monoisotopic (exact) mass is 502 g/mol. The highest BCUT2D eigenvalue weighted by Gasteiger charge is 2.29. The number of piperidine rings is 1. The van der Waals surface area contributed by atoms with Gasteiger partial charge in [0, 0.05) is 24.8 Å². The van der Waals surface area contributed by atoms with Crippen LogP contribution in [0.1, 0.15) is 55.8 Å². The fourth-order valence-electron chi connectivity index (χ4n) is 5.05. The number of β-amino-alcohol motifs (C(OH)–C–C–N with tert-alkyl or cyclic N) is 1. The largest absolute Gasteiger partial charge is 0.490 e. The van der Waals surface area contributed by atoms with Crippen molar-refractivity contribution in [1.82, 2.24) is 15.2 Å². The van der Waals surface area contributed by atoms with E-state index in [1.807, 2.05) is 44.3 Å². The molecule has 1 saturated heterocycles. The smallest absolute Gasteiger partial charge is 0.317 e. The second-order valence-corrected chi connectivity index (χ2v) is 10.7. The van der Waals surface area contributed by atoms with Crippen molar-refractivity contribution in [2.45, 2.75) is 57.8 Å². The second-order valence-electron chi connectivity index (χ2n) is 9.68. The van der Waals surface area contributed by atoms with Crippen molar-refractivity contribution in [1.29, 1.82) is 5.26 Å². The Morgan fingerprint density at radius 3 is 2.94 bits per heavy atom. The third-order valence-corrected chi connectivity index (χ3v) is 7.81. The summed E-state index contributed by atoms with van der Waals surface area (Å²) < 4.78 is 5.75. The van der Waals surface area contributed by atoms with Crippen LogP contribution in [0.5, 0.6) is 5.75 Å². The van der Waals surface area contributed by atoms with Crippen LogP contribution in [0.3, 0.4) is 0 Å². The maximum Gasteiger partial charge on any atom is 0.317 e. The lowest BCUT2D eigenvalue weighted by Gasteiger charge is -2.31. The average molecular weight is 503 g/mol. The minimum absolute atomic E-state index is 0.00496. The van der Waals surface area contributed by atoms with Gasteiger partial charge >= 0.3 is 6.03 Å². The number of fused-ring (bicyclic) bond motifs is 1. The molecule has 2 aliphatic rings. The van der Waals surface area contributed by atoms with Gasteiger partial charge in [-0.3, -0.25) is 0 Å². The third kappa shape index (κ3) is 4.95. The summed E-state index contributed by atoms with van der Waals surface area (Å²) in [5.41, 5.74) is 4.92. The molecular formula is C28H30N4O3S. The standard InChI is InChI=1S/C28H30N4O3S/c1-17(2)35-25-11-8-18(13-19(25)14-29)27-30-15-26(36-27)23-7-3-6-22-21(23)9-10-24(22)31-28(34)32-12-4-5-20(33)16-32/h3,6-8,11,13,15,17,20,24,33H,4-5,9-10,12,16H2,1-2H3,(H,31,34)/t20-,24+/m1/s1. The molecule has 8 heteroatoms. The van der Waals surface area contributed by atoms with Crippen molar-refractivity contribution < 1.29 is 14.6 Å². The van der Waals surface area contributed by atoms with E-state index in [1.165, 1.54) is 5.56 Å². The molecule has 2 N–H and O–H groups in total. The summed E-state index contributed by atoms with van der Waals surface area (Å²) in [4.78, 5) is 20.3. The number of nitriles is 1. The molecule has 0 saturated carbocycles. The van der Waals surface area contributed by atoms with Crippen LogP contribution in [0.2, 0.25) is 0 Å². The maximum absolute atomic E-state index is 12.8. The van der Waals surface area contributed by atoms with E-state index in [1.54, 1.807) is 16.2 Å². The van der Waals surface area contributed by atoms with Gasteiger partial charge < -0.3 is 20.1 Å². The Morgan fingerprint density at radius 1 is 1.31 bits per heavy atom. The minimum Gasteiger partial charge on any atom is -0.490 e. The van der Waals surface area contributed by atoms with E-state index in [9.17, 15) is 15.2 Å². The van der Waals surface area contributed by atoms with Crippen molar-refractivity contribution in [2.75, 3.05) is 13.1 Å². The molecule has 1 fully saturated rings. The predicted molar refractivity (Wildman–Crippen MR) is 140 cm³/mol. The highest BCUT2D eigenvalue weighted by Crippen LogP contribution is 2.41. The van der Waals surface area contributed by atoms with Crippen molar-refractivity contribution in [3.8, 4) is 32.8 Å². The highest BCUT2D eigenvalue weighted by molar-refractivity contribution is 7.18. The molecule has 3 aromatic rings. The Balaban J connectivity index is 1.36. The number of urea groups is 1. The lowest BCUT2D eigenvalue weighted by atomic mass is 10.0. The molecule has 1 aliphatic heterocycles. The lowest BCUT2D eigenvalue weighted by molar-refractivity contribution is 0.0833. The molecule has 5 rings (SSSR count). The van der Waals surface area contributed by atoms with Gasteiger partial charge in [0.2, 0.25) is 0 Å². The van der Waals surface area contributed by atoms with E-state index in [0.717, 1.165) is 52.3 Å². The first-order chi connectivity index (χ1) is 17.4. The normalized spacial score (nSPS) is 19.1. The van der Waals surface area contributed by atoms with Crippen LogP contribution in [0.15, 0.2) is 42.6 Å². The molecular weight excluding hydrogens is 472 g/mol. The minimum atomic E-state index is -0.435. The predicted octanol–water partition coefficient (Wildman–Crippen LogP) is 5.29. The van der Waals surface area contributed by atoms with E-state index in [4.69, 9.17) is 4.74 Å². The number of rotatable bonds is 5. The number of aliphatic hydroxyl groups excluding tert-OH is 1. The molecule has 2 atom stereocenters. The third-order valence-electron chi connectivity index (χ3n) is 6.73. The Kier molecular flexibility index (Phi) is 6.95. The maximum atomic E-state index is 12.8. The number of benzene rings is 2. The molecule has 2 heterocycles. The van der Waals surface area contributed by atoms with Crippen molar-refractivity contribution in [3.63, 3.8) is 0 Å². The quantitative estimate of drug-likeness (QED) is 0.494. The van der Waals surface area contributed by atoms with Gasteiger partial charge in [0.1, 0.15) is 16.8 Å². The summed E-state index contributed by atoms with van der Waals surface area (Å²) in [5, 5.41) is 23.5. The number of carbonyl (C=O) groups excluding carboxylic acids is 1. The molecule has 36 heavy (non-hydrogen) atoms. The fraction of sp³-hybridized carbons (Fsp3) is 0.393. The van der Waals surface area contributed by atoms with Crippen LogP contribution in [0, 0.1) is 11.3 Å². The number of carbonyl (C=O) groups is 1. The van der Waals surface area contributed by atoms with Gasteiger partial charge in [0.25, 0.3) is 0 Å². The van der Waals surface area contributed by atoms with Gasteiger partial charge in [-0.25, -0.2) is 9.78 Å². The summed E-state index contributed by atoms with van der Waals surface area (Å²) in [5.74, 6) is 0.584. The van der Waals surface area contributed by atoms with Crippen molar-refractivity contribution in [3.05, 3.63) is 59.3 Å². The van der Waals surface area contributed by atoms with Gasteiger partial charge in [0.15, 0.2) is 0 Å².